The first-order chi connectivity index (χ1) is 6.54. The topological polar surface area (TPSA) is 43.1 Å². The van der Waals surface area contributed by atoms with Crippen molar-refractivity contribution >= 4 is 22.6 Å². The van der Waals surface area contributed by atoms with Gasteiger partial charge in [-0.1, -0.05) is 22.6 Å². The van der Waals surface area contributed by atoms with Gasteiger partial charge in [0.1, 0.15) is 0 Å². The van der Waals surface area contributed by atoms with E-state index in [0.717, 1.165) is 12.3 Å². The van der Waals surface area contributed by atoms with Crippen LogP contribution in [0.25, 0.3) is 0 Å². The lowest BCUT2D eigenvalue weighted by molar-refractivity contribution is -0.572. The largest absolute Gasteiger partial charge is 0.264 e. The van der Waals surface area contributed by atoms with Crippen LogP contribution in [0.1, 0.15) is 26.2 Å². The average Bonchev–Trinajstić information content (AvgIpc) is 2.64. The van der Waals surface area contributed by atoms with Gasteiger partial charge >= 0.3 is 0 Å². The molecule has 0 saturated heterocycles. The fourth-order valence-electron chi connectivity index (χ4n) is 4.33. The van der Waals surface area contributed by atoms with Gasteiger partial charge < -0.3 is 0 Å². The van der Waals surface area contributed by atoms with Gasteiger partial charge in [0.25, 0.3) is 0 Å². The molecule has 6 atom stereocenters. The zero-order valence-electron chi connectivity index (χ0n) is 8.15. The van der Waals surface area contributed by atoms with E-state index in [1.165, 1.54) is 12.8 Å². The van der Waals surface area contributed by atoms with Crippen molar-refractivity contribution in [2.24, 2.45) is 23.7 Å². The highest BCUT2D eigenvalue weighted by molar-refractivity contribution is 14.1. The fraction of sp³-hybridized carbons (Fsp3) is 1.00. The number of halogens is 1. The van der Waals surface area contributed by atoms with Gasteiger partial charge in [-0.15, -0.1) is 0 Å². The predicted octanol–water partition coefficient (Wildman–Crippen LogP) is 2.50. The smallest absolute Gasteiger partial charge is 0.223 e. The molecule has 0 aromatic rings. The summed E-state index contributed by atoms with van der Waals surface area (Å²) in [4.78, 5) is 11.2. The van der Waals surface area contributed by atoms with E-state index >= 15 is 0 Å². The number of alkyl halides is 1. The van der Waals surface area contributed by atoms with Crippen LogP contribution >= 0.6 is 22.6 Å². The van der Waals surface area contributed by atoms with Crippen molar-refractivity contribution in [3.63, 3.8) is 0 Å². The minimum Gasteiger partial charge on any atom is -0.264 e. The van der Waals surface area contributed by atoms with E-state index in [9.17, 15) is 10.1 Å². The van der Waals surface area contributed by atoms with Crippen LogP contribution in [0.4, 0.5) is 0 Å². The molecule has 3 nitrogen and oxygen atoms in total. The molecule has 3 aliphatic rings. The van der Waals surface area contributed by atoms with Crippen molar-refractivity contribution in [1.82, 2.24) is 0 Å². The van der Waals surface area contributed by atoms with Crippen LogP contribution in [0.3, 0.4) is 0 Å². The molecule has 3 rings (SSSR count). The molecule has 3 fully saturated rings. The zero-order valence-corrected chi connectivity index (χ0v) is 10.3. The highest BCUT2D eigenvalue weighted by Crippen LogP contribution is 2.65. The second-order valence-electron chi connectivity index (χ2n) is 5.44. The van der Waals surface area contributed by atoms with E-state index in [2.05, 4.69) is 22.6 Å². The van der Waals surface area contributed by atoms with Gasteiger partial charge in [-0.05, 0) is 30.6 Å². The summed E-state index contributed by atoms with van der Waals surface area (Å²) in [7, 11) is 0. The number of fused-ring (bicyclic) bond motifs is 1. The molecule has 4 heteroatoms. The third-order valence-corrected chi connectivity index (χ3v) is 6.64. The Hall–Kier alpha value is 0.130. The van der Waals surface area contributed by atoms with Crippen molar-refractivity contribution < 1.29 is 4.92 Å². The number of nitrogens with zero attached hydrogens (tertiary/aromatic N) is 1. The minimum atomic E-state index is -0.605. The van der Waals surface area contributed by atoms with Crippen molar-refractivity contribution in [2.75, 3.05) is 0 Å². The van der Waals surface area contributed by atoms with Gasteiger partial charge in [0.05, 0.1) is 0 Å². The minimum absolute atomic E-state index is 0.00400. The first-order valence-electron chi connectivity index (χ1n) is 5.32. The van der Waals surface area contributed by atoms with Gasteiger partial charge in [-0.25, -0.2) is 0 Å². The van der Waals surface area contributed by atoms with E-state index in [1.807, 2.05) is 6.92 Å². The lowest BCUT2D eigenvalue weighted by atomic mass is 9.84. The highest BCUT2D eigenvalue weighted by atomic mass is 127. The molecule has 0 aliphatic heterocycles. The molecule has 0 unspecified atom stereocenters. The molecule has 0 aromatic heterocycles. The van der Waals surface area contributed by atoms with Crippen LogP contribution in [-0.2, 0) is 0 Å². The predicted molar refractivity (Wildman–Crippen MR) is 61.0 cm³/mol. The Morgan fingerprint density at radius 2 is 2.14 bits per heavy atom. The van der Waals surface area contributed by atoms with Gasteiger partial charge in [0.2, 0.25) is 5.54 Å². The maximum atomic E-state index is 11.2. The Bertz CT molecular complexity index is 306. The maximum absolute atomic E-state index is 11.2. The highest BCUT2D eigenvalue weighted by Gasteiger charge is 2.68. The number of hydrogen-bond acceptors (Lipinski definition) is 2. The molecule has 3 saturated carbocycles. The molecule has 0 N–H and O–H groups in total. The molecule has 0 heterocycles. The summed E-state index contributed by atoms with van der Waals surface area (Å²) >= 11 is 2.47. The molecular weight excluding hydrogens is 293 g/mol. The van der Waals surface area contributed by atoms with Crippen LogP contribution in [0.2, 0.25) is 0 Å². The average molecular weight is 307 g/mol. The lowest BCUT2D eigenvalue weighted by Crippen LogP contribution is -2.42. The quantitative estimate of drug-likeness (QED) is 0.323. The van der Waals surface area contributed by atoms with Gasteiger partial charge in [0.15, 0.2) is 0 Å². The molecule has 0 radical (unpaired) electrons. The van der Waals surface area contributed by atoms with Crippen molar-refractivity contribution in [1.29, 1.82) is 0 Å². The van der Waals surface area contributed by atoms with Crippen LogP contribution < -0.4 is 0 Å². The SMILES string of the molecule is C[C@@]1([N+](=O)[O-])C[C@@H]2C[C@H]3C[C@@H]2[C@@H]1[C@@H]3I. The molecule has 0 spiro atoms. The van der Waals surface area contributed by atoms with Crippen LogP contribution in [0.15, 0.2) is 0 Å². The Balaban J connectivity index is 2.03. The molecule has 14 heavy (non-hydrogen) atoms. The maximum Gasteiger partial charge on any atom is 0.223 e. The molecule has 0 aromatic carbocycles. The summed E-state index contributed by atoms with van der Waals surface area (Å²) in [5.41, 5.74) is -0.605. The molecule has 78 valence electrons. The standard InChI is InChI=1S/C10H14INO2/c1-10(12(13)14)4-6-2-5-3-7(6)8(10)9(5)11/h5-9H,2-4H2,1H3/t5-,6-,7-,8+,9+,10+/m0/s1. The summed E-state index contributed by atoms with van der Waals surface area (Å²) in [5, 5.41) is 11.2. The van der Waals surface area contributed by atoms with E-state index in [1.54, 1.807) is 0 Å². The summed E-state index contributed by atoms with van der Waals surface area (Å²) in [5.74, 6) is 2.50. The number of hydrogen-bond donors (Lipinski definition) is 0. The third kappa shape index (κ3) is 0.888. The normalized spacial score (nSPS) is 59.4. The van der Waals surface area contributed by atoms with Crippen LogP contribution in [0.5, 0.6) is 0 Å². The van der Waals surface area contributed by atoms with E-state index < -0.39 is 5.54 Å². The molecule has 2 bridgehead atoms. The second kappa shape index (κ2) is 2.62. The zero-order chi connectivity index (χ0) is 10.1. The van der Waals surface area contributed by atoms with Gasteiger partial charge in [0, 0.05) is 28.1 Å². The summed E-state index contributed by atoms with van der Waals surface area (Å²) in [6.45, 7) is 1.88. The van der Waals surface area contributed by atoms with Crippen molar-refractivity contribution in [3.05, 3.63) is 10.1 Å². The monoisotopic (exact) mass is 307 g/mol. The Morgan fingerprint density at radius 1 is 1.43 bits per heavy atom. The van der Waals surface area contributed by atoms with Crippen molar-refractivity contribution in [2.45, 2.75) is 35.6 Å². The van der Waals surface area contributed by atoms with Crippen LogP contribution in [-0.4, -0.2) is 14.4 Å². The third-order valence-electron chi connectivity index (χ3n) is 4.85. The first-order valence-corrected chi connectivity index (χ1v) is 6.57. The number of rotatable bonds is 1. The van der Waals surface area contributed by atoms with Gasteiger partial charge in [-0.2, -0.15) is 0 Å². The molecule has 0 amide bonds. The summed E-state index contributed by atoms with van der Waals surface area (Å²) < 4.78 is 0.562. The second-order valence-corrected chi connectivity index (χ2v) is 6.88. The Kier molecular flexibility index (Phi) is 1.76. The Morgan fingerprint density at radius 3 is 2.71 bits per heavy atom. The van der Waals surface area contributed by atoms with Gasteiger partial charge in [-0.3, -0.25) is 10.1 Å². The lowest BCUT2D eigenvalue weighted by Gasteiger charge is -2.27. The molecular formula is C10H14INO2. The molecule has 3 aliphatic carbocycles. The van der Waals surface area contributed by atoms with Crippen LogP contribution in [0, 0.1) is 33.8 Å². The van der Waals surface area contributed by atoms with Crippen molar-refractivity contribution in [3.8, 4) is 0 Å². The summed E-state index contributed by atoms with van der Waals surface area (Å²) in [6.07, 6.45) is 3.37. The van der Waals surface area contributed by atoms with E-state index in [0.29, 0.717) is 21.7 Å². The number of nitro groups is 1. The fourth-order valence-corrected chi connectivity index (χ4v) is 6.23. The summed E-state index contributed by atoms with van der Waals surface area (Å²) in [6, 6.07) is 0. The van der Waals surface area contributed by atoms with E-state index in [-0.39, 0.29) is 4.92 Å². The first kappa shape index (κ1) is 9.36. The van der Waals surface area contributed by atoms with E-state index in [4.69, 9.17) is 0 Å². The Labute approximate surface area is 96.9 Å².